The highest BCUT2D eigenvalue weighted by atomic mass is 79.9. The van der Waals surface area contributed by atoms with Gasteiger partial charge in [-0.15, -0.1) is 0 Å². The predicted molar refractivity (Wildman–Crippen MR) is 73.0 cm³/mol. The highest BCUT2D eigenvalue weighted by Gasteiger charge is 2.25. The minimum atomic E-state index is -0.147. The van der Waals surface area contributed by atoms with Gasteiger partial charge in [0.2, 0.25) is 0 Å². The summed E-state index contributed by atoms with van der Waals surface area (Å²) in [5.41, 5.74) is 0.710. The van der Waals surface area contributed by atoms with Gasteiger partial charge in [-0.1, -0.05) is 15.9 Å². The van der Waals surface area contributed by atoms with E-state index in [9.17, 15) is 4.39 Å². The lowest BCUT2D eigenvalue weighted by Gasteiger charge is -2.31. The summed E-state index contributed by atoms with van der Waals surface area (Å²) >= 11 is 3.40. The van der Waals surface area contributed by atoms with Crippen molar-refractivity contribution in [2.75, 3.05) is 24.5 Å². The van der Waals surface area contributed by atoms with E-state index >= 15 is 0 Å². The van der Waals surface area contributed by atoms with Crippen molar-refractivity contribution in [1.82, 2.24) is 5.32 Å². The third-order valence-corrected chi connectivity index (χ3v) is 3.54. The summed E-state index contributed by atoms with van der Waals surface area (Å²) in [4.78, 5) is 2.13. The second-order valence-corrected chi connectivity index (χ2v) is 6.10. The lowest BCUT2D eigenvalue weighted by Crippen LogP contribution is -2.46. The monoisotopic (exact) mass is 300 g/mol. The first kappa shape index (κ1) is 12.8. The van der Waals surface area contributed by atoms with Crippen LogP contribution in [0.5, 0.6) is 0 Å². The molecule has 0 bridgehead atoms. The van der Waals surface area contributed by atoms with Crippen molar-refractivity contribution in [3.63, 3.8) is 0 Å². The van der Waals surface area contributed by atoms with Crippen LogP contribution >= 0.6 is 15.9 Å². The summed E-state index contributed by atoms with van der Waals surface area (Å²) in [6.45, 7) is 7.01. The molecule has 1 aliphatic rings. The molecule has 2 rings (SSSR count). The Kier molecular flexibility index (Phi) is 3.73. The molecule has 0 saturated carbocycles. The van der Waals surface area contributed by atoms with Gasteiger partial charge in [0, 0.05) is 23.1 Å². The quantitative estimate of drug-likeness (QED) is 0.857. The summed E-state index contributed by atoms with van der Waals surface area (Å²) < 4.78 is 14.8. The topological polar surface area (TPSA) is 15.3 Å². The van der Waals surface area contributed by atoms with Gasteiger partial charge in [0.25, 0.3) is 0 Å². The van der Waals surface area contributed by atoms with Crippen molar-refractivity contribution in [3.05, 3.63) is 28.5 Å². The Balaban J connectivity index is 2.28. The smallest absolute Gasteiger partial charge is 0.146 e. The summed E-state index contributed by atoms with van der Waals surface area (Å²) in [7, 11) is 0. The Bertz CT molecular complexity index is 406. The largest absolute Gasteiger partial charge is 0.367 e. The molecule has 1 N–H and O–H groups in total. The fourth-order valence-corrected chi connectivity index (χ4v) is 2.59. The van der Waals surface area contributed by atoms with Gasteiger partial charge in [0.05, 0.1) is 5.69 Å². The zero-order chi connectivity index (χ0) is 12.5. The van der Waals surface area contributed by atoms with E-state index in [1.807, 2.05) is 6.07 Å². The minimum absolute atomic E-state index is 0.0191. The van der Waals surface area contributed by atoms with E-state index in [0.29, 0.717) is 5.69 Å². The summed E-state index contributed by atoms with van der Waals surface area (Å²) in [6.07, 6.45) is 1.04. The molecule has 0 radical (unpaired) electrons. The molecular weight excluding hydrogens is 283 g/mol. The normalized spacial score (nSPS) is 20.1. The van der Waals surface area contributed by atoms with Crippen LogP contribution in [-0.4, -0.2) is 25.2 Å². The molecule has 0 aromatic heterocycles. The molecule has 0 atom stereocenters. The number of rotatable bonds is 1. The van der Waals surface area contributed by atoms with E-state index in [-0.39, 0.29) is 11.4 Å². The molecule has 1 aromatic carbocycles. The van der Waals surface area contributed by atoms with Crippen LogP contribution in [0.3, 0.4) is 0 Å². The molecule has 0 amide bonds. The molecule has 0 spiro atoms. The van der Waals surface area contributed by atoms with Crippen LogP contribution in [0.25, 0.3) is 0 Å². The lowest BCUT2D eigenvalue weighted by atomic mass is 10.1. The Morgan fingerprint density at radius 2 is 2.18 bits per heavy atom. The minimum Gasteiger partial charge on any atom is -0.367 e. The molecule has 94 valence electrons. The van der Waals surface area contributed by atoms with Crippen molar-refractivity contribution in [2.45, 2.75) is 25.8 Å². The molecule has 1 aliphatic heterocycles. The lowest BCUT2D eigenvalue weighted by molar-refractivity contribution is 0.415. The van der Waals surface area contributed by atoms with Gasteiger partial charge in [0.1, 0.15) is 5.82 Å². The zero-order valence-electron chi connectivity index (χ0n) is 10.3. The van der Waals surface area contributed by atoms with Crippen molar-refractivity contribution < 1.29 is 4.39 Å². The Labute approximate surface area is 110 Å². The maximum atomic E-state index is 13.9. The number of anilines is 1. The van der Waals surface area contributed by atoms with Crippen molar-refractivity contribution in [2.24, 2.45) is 0 Å². The molecule has 1 aromatic rings. The number of nitrogens with zero attached hydrogens (tertiary/aromatic N) is 1. The molecule has 0 unspecified atom stereocenters. The van der Waals surface area contributed by atoms with Crippen molar-refractivity contribution >= 4 is 21.6 Å². The van der Waals surface area contributed by atoms with Crippen molar-refractivity contribution in [3.8, 4) is 0 Å². The highest BCUT2D eigenvalue weighted by Crippen LogP contribution is 2.26. The van der Waals surface area contributed by atoms with Crippen LogP contribution in [0.2, 0.25) is 0 Å². The first-order chi connectivity index (χ1) is 7.98. The van der Waals surface area contributed by atoms with Crippen LogP contribution in [0, 0.1) is 5.82 Å². The number of halogens is 2. The van der Waals surface area contributed by atoms with Crippen LogP contribution in [0.15, 0.2) is 22.7 Å². The van der Waals surface area contributed by atoms with E-state index in [2.05, 4.69) is 40.0 Å². The predicted octanol–water partition coefficient (Wildman–Crippen LogP) is 3.17. The van der Waals surface area contributed by atoms with E-state index in [0.717, 1.165) is 30.5 Å². The first-order valence-electron chi connectivity index (χ1n) is 5.93. The number of nitrogens with one attached hydrogen (secondary N) is 1. The molecule has 4 heteroatoms. The van der Waals surface area contributed by atoms with E-state index < -0.39 is 0 Å². The molecule has 17 heavy (non-hydrogen) atoms. The Hall–Kier alpha value is -0.610. The third-order valence-electron chi connectivity index (χ3n) is 3.04. The van der Waals surface area contributed by atoms with Gasteiger partial charge in [-0.05, 0) is 45.0 Å². The standard InChI is InChI=1S/C13H18BrFN2/c1-13(2)9-17(7-3-6-16-13)12-8-10(14)4-5-11(12)15/h4-5,8,16H,3,6-7,9H2,1-2H3. The SMILES string of the molecule is CC1(C)CN(c2cc(Br)ccc2F)CCCN1. The fourth-order valence-electron chi connectivity index (χ4n) is 2.24. The molecule has 1 heterocycles. The van der Waals surface area contributed by atoms with Crippen LogP contribution in [0.1, 0.15) is 20.3 Å². The molecule has 1 saturated heterocycles. The van der Waals surface area contributed by atoms with Gasteiger partial charge in [0.15, 0.2) is 0 Å². The van der Waals surface area contributed by atoms with E-state index in [1.165, 1.54) is 6.07 Å². The van der Waals surface area contributed by atoms with Crippen LogP contribution in [0.4, 0.5) is 10.1 Å². The zero-order valence-corrected chi connectivity index (χ0v) is 11.8. The fraction of sp³-hybridized carbons (Fsp3) is 0.538. The molecule has 1 fully saturated rings. The summed E-state index contributed by atoms with van der Waals surface area (Å²) in [6, 6.07) is 5.11. The first-order valence-corrected chi connectivity index (χ1v) is 6.72. The second-order valence-electron chi connectivity index (χ2n) is 5.18. The summed E-state index contributed by atoms with van der Waals surface area (Å²) in [5, 5.41) is 3.48. The maximum Gasteiger partial charge on any atom is 0.146 e. The van der Waals surface area contributed by atoms with Gasteiger partial charge in [-0.25, -0.2) is 4.39 Å². The summed E-state index contributed by atoms with van der Waals surface area (Å²) in [5.74, 6) is -0.147. The molecule has 2 nitrogen and oxygen atoms in total. The van der Waals surface area contributed by atoms with Gasteiger partial charge in [-0.2, -0.15) is 0 Å². The Morgan fingerprint density at radius 1 is 1.41 bits per heavy atom. The number of benzene rings is 1. The van der Waals surface area contributed by atoms with Gasteiger partial charge >= 0.3 is 0 Å². The average molecular weight is 301 g/mol. The highest BCUT2D eigenvalue weighted by molar-refractivity contribution is 9.10. The maximum absolute atomic E-state index is 13.9. The third kappa shape index (κ3) is 3.19. The second kappa shape index (κ2) is 4.94. The average Bonchev–Trinajstić information content (AvgIpc) is 2.43. The van der Waals surface area contributed by atoms with Gasteiger partial charge in [-0.3, -0.25) is 0 Å². The Morgan fingerprint density at radius 3 is 2.94 bits per heavy atom. The molecular formula is C13H18BrFN2. The van der Waals surface area contributed by atoms with Crippen LogP contribution in [-0.2, 0) is 0 Å². The van der Waals surface area contributed by atoms with Crippen molar-refractivity contribution in [1.29, 1.82) is 0 Å². The number of hydrogen-bond acceptors (Lipinski definition) is 2. The number of hydrogen-bond donors (Lipinski definition) is 1. The van der Waals surface area contributed by atoms with Gasteiger partial charge < -0.3 is 10.2 Å². The molecule has 0 aliphatic carbocycles. The van der Waals surface area contributed by atoms with E-state index in [1.54, 1.807) is 6.07 Å². The van der Waals surface area contributed by atoms with Crippen LogP contribution < -0.4 is 10.2 Å². The van der Waals surface area contributed by atoms with E-state index in [4.69, 9.17) is 0 Å².